The van der Waals surface area contributed by atoms with Crippen LogP contribution in [0.15, 0.2) is 36.4 Å². The molecule has 0 aliphatic heterocycles. The highest BCUT2D eigenvalue weighted by Gasteiger charge is 2.13. The summed E-state index contributed by atoms with van der Waals surface area (Å²) in [4.78, 5) is 0. The van der Waals surface area contributed by atoms with Crippen LogP contribution in [-0.4, -0.2) is 0 Å². The normalized spacial score (nSPS) is 12.4. The molecule has 0 heterocycles. The van der Waals surface area contributed by atoms with Crippen LogP contribution in [0.3, 0.4) is 0 Å². The van der Waals surface area contributed by atoms with Crippen molar-refractivity contribution < 1.29 is 0 Å². The summed E-state index contributed by atoms with van der Waals surface area (Å²) in [6, 6.07) is 13.5. The molecule has 0 aliphatic rings. The zero-order valence-electron chi connectivity index (χ0n) is 13.7. The van der Waals surface area contributed by atoms with Crippen LogP contribution in [0.4, 0.5) is 0 Å². The topological polar surface area (TPSA) is 26.0 Å². The molecule has 2 N–H and O–H groups in total. The van der Waals surface area contributed by atoms with E-state index in [-0.39, 0.29) is 6.04 Å². The summed E-state index contributed by atoms with van der Waals surface area (Å²) in [5.41, 5.74) is 14.6. The Morgan fingerprint density at radius 2 is 1.67 bits per heavy atom. The minimum absolute atomic E-state index is 0.0759. The predicted molar refractivity (Wildman–Crippen MR) is 91.7 cm³/mol. The second-order valence-electron chi connectivity index (χ2n) is 5.98. The van der Waals surface area contributed by atoms with Gasteiger partial charge in [-0.1, -0.05) is 55.8 Å². The Kier molecular flexibility index (Phi) is 5.19. The van der Waals surface area contributed by atoms with Gasteiger partial charge in [0.2, 0.25) is 0 Å². The van der Waals surface area contributed by atoms with Gasteiger partial charge >= 0.3 is 0 Å². The summed E-state index contributed by atoms with van der Waals surface area (Å²) in [6.07, 6.45) is 3.01. The number of benzene rings is 2. The SMILES string of the molecule is CCc1ccc(CC)c(C(N)Cc2cc(C)ccc2C)c1. The minimum Gasteiger partial charge on any atom is -0.324 e. The molecule has 2 aromatic carbocycles. The fraction of sp³-hybridized carbons (Fsp3) is 0.400. The zero-order chi connectivity index (χ0) is 15.4. The Balaban J connectivity index is 2.31. The molecule has 1 heteroatoms. The molecule has 1 nitrogen and oxygen atoms in total. The second-order valence-corrected chi connectivity index (χ2v) is 5.98. The van der Waals surface area contributed by atoms with Crippen molar-refractivity contribution >= 4 is 0 Å². The number of hydrogen-bond acceptors (Lipinski definition) is 1. The van der Waals surface area contributed by atoms with Gasteiger partial charge < -0.3 is 5.73 Å². The van der Waals surface area contributed by atoms with Crippen LogP contribution in [0, 0.1) is 13.8 Å². The fourth-order valence-corrected chi connectivity index (χ4v) is 2.90. The van der Waals surface area contributed by atoms with E-state index < -0.39 is 0 Å². The molecule has 0 aliphatic carbocycles. The Bertz CT molecular complexity index is 613. The number of aryl methyl sites for hydroxylation is 4. The van der Waals surface area contributed by atoms with Crippen molar-refractivity contribution in [2.45, 2.75) is 53.0 Å². The summed E-state index contributed by atoms with van der Waals surface area (Å²) >= 11 is 0. The van der Waals surface area contributed by atoms with Gasteiger partial charge in [-0.2, -0.15) is 0 Å². The lowest BCUT2D eigenvalue weighted by atomic mass is 9.90. The fourth-order valence-electron chi connectivity index (χ4n) is 2.90. The molecule has 0 saturated carbocycles. The highest BCUT2D eigenvalue weighted by molar-refractivity contribution is 5.37. The van der Waals surface area contributed by atoms with Gasteiger partial charge in [0.15, 0.2) is 0 Å². The van der Waals surface area contributed by atoms with Gasteiger partial charge in [-0.15, -0.1) is 0 Å². The summed E-state index contributed by atoms with van der Waals surface area (Å²) in [5.74, 6) is 0. The molecule has 2 rings (SSSR count). The third-order valence-corrected chi connectivity index (χ3v) is 4.34. The monoisotopic (exact) mass is 281 g/mol. The highest BCUT2D eigenvalue weighted by atomic mass is 14.6. The molecule has 0 bridgehead atoms. The van der Waals surface area contributed by atoms with Crippen molar-refractivity contribution in [2.75, 3.05) is 0 Å². The molecular weight excluding hydrogens is 254 g/mol. The lowest BCUT2D eigenvalue weighted by Gasteiger charge is -2.19. The molecule has 0 fully saturated rings. The highest BCUT2D eigenvalue weighted by Crippen LogP contribution is 2.24. The van der Waals surface area contributed by atoms with Crippen LogP contribution < -0.4 is 5.73 Å². The maximum Gasteiger partial charge on any atom is 0.0338 e. The number of hydrogen-bond donors (Lipinski definition) is 1. The van der Waals surface area contributed by atoms with E-state index in [4.69, 9.17) is 5.73 Å². The molecule has 0 amide bonds. The molecule has 1 unspecified atom stereocenters. The van der Waals surface area contributed by atoms with Crippen LogP contribution in [0.5, 0.6) is 0 Å². The summed E-state index contributed by atoms with van der Waals surface area (Å²) in [5, 5.41) is 0. The van der Waals surface area contributed by atoms with E-state index in [1.54, 1.807) is 0 Å². The van der Waals surface area contributed by atoms with E-state index >= 15 is 0 Å². The van der Waals surface area contributed by atoms with Crippen molar-refractivity contribution in [3.8, 4) is 0 Å². The number of rotatable bonds is 5. The first-order valence-corrected chi connectivity index (χ1v) is 7.98. The lowest BCUT2D eigenvalue weighted by Crippen LogP contribution is -2.16. The smallest absolute Gasteiger partial charge is 0.0338 e. The largest absolute Gasteiger partial charge is 0.324 e. The Morgan fingerprint density at radius 1 is 0.905 bits per heavy atom. The summed E-state index contributed by atoms with van der Waals surface area (Å²) in [6.45, 7) is 8.71. The van der Waals surface area contributed by atoms with Crippen LogP contribution in [0.1, 0.15) is 53.3 Å². The first-order valence-electron chi connectivity index (χ1n) is 7.98. The molecule has 0 aromatic heterocycles. The molecule has 112 valence electrons. The lowest BCUT2D eigenvalue weighted by molar-refractivity contribution is 0.707. The van der Waals surface area contributed by atoms with E-state index in [1.807, 2.05) is 0 Å². The summed E-state index contributed by atoms with van der Waals surface area (Å²) < 4.78 is 0. The molecule has 21 heavy (non-hydrogen) atoms. The van der Waals surface area contributed by atoms with Crippen molar-refractivity contribution in [3.05, 3.63) is 69.8 Å². The van der Waals surface area contributed by atoms with E-state index in [0.29, 0.717) is 0 Å². The molecular formula is C20H27N. The van der Waals surface area contributed by atoms with Crippen LogP contribution in [0.2, 0.25) is 0 Å². The molecule has 2 aromatic rings. The van der Waals surface area contributed by atoms with Crippen molar-refractivity contribution in [3.63, 3.8) is 0 Å². The van der Waals surface area contributed by atoms with Crippen molar-refractivity contribution in [1.82, 2.24) is 0 Å². The van der Waals surface area contributed by atoms with Crippen LogP contribution in [0.25, 0.3) is 0 Å². The Labute approximate surface area is 129 Å². The third kappa shape index (κ3) is 3.74. The van der Waals surface area contributed by atoms with E-state index in [0.717, 1.165) is 19.3 Å². The maximum absolute atomic E-state index is 6.55. The average molecular weight is 281 g/mol. The quantitative estimate of drug-likeness (QED) is 0.846. The predicted octanol–water partition coefficient (Wildman–Crippen LogP) is 4.67. The third-order valence-electron chi connectivity index (χ3n) is 4.34. The van der Waals surface area contributed by atoms with Gasteiger partial charge in [0.25, 0.3) is 0 Å². The van der Waals surface area contributed by atoms with Gasteiger partial charge in [-0.05, 0) is 60.9 Å². The van der Waals surface area contributed by atoms with E-state index in [1.165, 1.54) is 33.4 Å². The Morgan fingerprint density at radius 3 is 2.33 bits per heavy atom. The standard InChI is InChI=1S/C20H27N/c1-5-16-9-10-17(6-2)19(12-16)20(21)13-18-11-14(3)7-8-15(18)4/h7-12,20H,5-6,13,21H2,1-4H3. The van der Waals surface area contributed by atoms with E-state index in [2.05, 4.69) is 64.1 Å². The van der Waals surface area contributed by atoms with Crippen molar-refractivity contribution in [2.24, 2.45) is 5.73 Å². The Hall–Kier alpha value is -1.60. The molecule has 0 saturated heterocycles. The van der Waals surface area contributed by atoms with Crippen LogP contribution >= 0.6 is 0 Å². The minimum atomic E-state index is 0.0759. The molecule has 0 spiro atoms. The van der Waals surface area contributed by atoms with Gasteiger partial charge in [0.1, 0.15) is 0 Å². The molecule has 1 atom stereocenters. The zero-order valence-corrected chi connectivity index (χ0v) is 13.7. The second kappa shape index (κ2) is 6.91. The van der Waals surface area contributed by atoms with Crippen molar-refractivity contribution in [1.29, 1.82) is 0 Å². The summed E-state index contributed by atoms with van der Waals surface area (Å²) in [7, 11) is 0. The van der Waals surface area contributed by atoms with E-state index in [9.17, 15) is 0 Å². The maximum atomic E-state index is 6.55. The average Bonchev–Trinajstić information content (AvgIpc) is 2.50. The van der Waals surface area contributed by atoms with Crippen LogP contribution in [-0.2, 0) is 19.3 Å². The first-order chi connectivity index (χ1) is 10.0. The first kappa shape index (κ1) is 15.8. The van der Waals surface area contributed by atoms with Gasteiger partial charge in [-0.3, -0.25) is 0 Å². The van der Waals surface area contributed by atoms with Gasteiger partial charge in [0.05, 0.1) is 0 Å². The molecule has 0 radical (unpaired) electrons. The van der Waals surface area contributed by atoms with Gasteiger partial charge in [-0.25, -0.2) is 0 Å². The van der Waals surface area contributed by atoms with Gasteiger partial charge in [0, 0.05) is 6.04 Å². The number of nitrogens with two attached hydrogens (primary N) is 1.